The Morgan fingerprint density at radius 1 is 0.833 bits per heavy atom. The number of amides is 3. The van der Waals surface area contributed by atoms with Gasteiger partial charge in [-0.1, -0.05) is 35.4 Å². The van der Waals surface area contributed by atoms with Crippen LogP contribution in [0.15, 0.2) is 60.7 Å². The van der Waals surface area contributed by atoms with E-state index in [2.05, 4.69) is 0 Å². The van der Waals surface area contributed by atoms with Gasteiger partial charge in [-0.3, -0.25) is 19.3 Å². The SMILES string of the molecule is COc1cc(C(=O)N(c2ccc(C)cc2)[C@H]2CC(=O)N(c3ccc(C)cc3)C2=O)cc(OC)c1OC. The largest absolute Gasteiger partial charge is 0.493 e. The smallest absolute Gasteiger partial charge is 0.259 e. The summed E-state index contributed by atoms with van der Waals surface area (Å²) in [6.45, 7) is 3.86. The number of rotatable bonds is 7. The van der Waals surface area contributed by atoms with Gasteiger partial charge in [-0.2, -0.15) is 0 Å². The Hall–Kier alpha value is -4.33. The minimum absolute atomic E-state index is 0.142. The number of carbonyl (C=O) groups is 3. The summed E-state index contributed by atoms with van der Waals surface area (Å²) in [5, 5.41) is 0. The Balaban J connectivity index is 1.80. The lowest BCUT2D eigenvalue weighted by Gasteiger charge is -2.28. The van der Waals surface area contributed by atoms with Crippen molar-refractivity contribution in [3.63, 3.8) is 0 Å². The van der Waals surface area contributed by atoms with Crippen LogP contribution in [-0.2, 0) is 9.59 Å². The van der Waals surface area contributed by atoms with Gasteiger partial charge in [0.05, 0.1) is 33.4 Å². The van der Waals surface area contributed by atoms with E-state index in [0.717, 1.165) is 16.0 Å². The fourth-order valence-electron chi connectivity index (χ4n) is 4.27. The highest BCUT2D eigenvalue weighted by atomic mass is 16.5. The number of imide groups is 1. The quantitative estimate of drug-likeness (QED) is 0.461. The summed E-state index contributed by atoms with van der Waals surface area (Å²) in [4.78, 5) is 43.1. The van der Waals surface area contributed by atoms with Crippen LogP contribution in [0.25, 0.3) is 0 Å². The van der Waals surface area contributed by atoms with Gasteiger partial charge in [0.25, 0.3) is 11.8 Å². The number of hydrogen-bond acceptors (Lipinski definition) is 6. The van der Waals surface area contributed by atoms with Crippen LogP contribution in [0.2, 0.25) is 0 Å². The van der Waals surface area contributed by atoms with Gasteiger partial charge < -0.3 is 14.2 Å². The second kappa shape index (κ2) is 10.1. The zero-order valence-corrected chi connectivity index (χ0v) is 20.9. The topological polar surface area (TPSA) is 85.4 Å². The molecule has 0 aliphatic carbocycles. The summed E-state index contributed by atoms with van der Waals surface area (Å²) in [6.07, 6.45) is -0.142. The molecule has 8 nitrogen and oxygen atoms in total. The number of carbonyl (C=O) groups excluding carboxylic acids is 3. The number of anilines is 2. The number of methoxy groups -OCH3 is 3. The molecule has 1 aliphatic rings. The van der Waals surface area contributed by atoms with E-state index in [-0.39, 0.29) is 17.9 Å². The van der Waals surface area contributed by atoms with Crippen LogP contribution in [0, 0.1) is 13.8 Å². The molecule has 3 amide bonds. The number of benzene rings is 3. The zero-order chi connectivity index (χ0) is 26.0. The van der Waals surface area contributed by atoms with Gasteiger partial charge in [0.15, 0.2) is 11.5 Å². The average Bonchev–Trinajstić information content (AvgIpc) is 3.17. The Labute approximate surface area is 210 Å². The van der Waals surface area contributed by atoms with Gasteiger partial charge in [-0.25, -0.2) is 4.90 Å². The van der Waals surface area contributed by atoms with Crippen molar-refractivity contribution in [2.75, 3.05) is 31.1 Å². The van der Waals surface area contributed by atoms with E-state index in [0.29, 0.717) is 28.6 Å². The highest BCUT2D eigenvalue weighted by molar-refractivity contribution is 6.26. The van der Waals surface area contributed by atoms with Crippen molar-refractivity contribution in [2.45, 2.75) is 26.3 Å². The first-order chi connectivity index (χ1) is 17.3. The second-order valence-corrected chi connectivity index (χ2v) is 8.55. The average molecular weight is 489 g/mol. The van der Waals surface area contributed by atoms with Crippen LogP contribution >= 0.6 is 0 Å². The van der Waals surface area contributed by atoms with E-state index in [4.69, 9.17) is 14.2 Å². The van der Waals surface area contributed by atoms with E-state index in [1.807, 2.05) is 38.1 Å². The van der Waals surface area contributed by atoms with Gasteiger partial charge in [0.1, 0.15) is 6.04 Å². The summed E-state index contributed by atoms with van der Waals surface area (Å²) in [6, 6.07) is 16.4. The minimum Gasteiger partial charge on any atom is -0.493 e. The Morgan fingerprint density at radius 2 is 1.36 bits per heavy atom. The molecule has 0 saturated carbocycles. The van der Waals surface area contributed by atoms with Crippen molar-refractivity contribution in [3.8, 4) is 17.2 Å². The van der Waals surface area contributed by atoms with Crippen LogP contribution < -0.4 is 24.0 Å². The summed E-state index contributed by atoms with van der Waals surface area (Å²) >= 11 is 0. The summed E-state index contributed by atoms with van der Waals surface area (Å²) in [5.74, 6) is -0.363. The maximum absolute atomic E-state index is 14.0. The molecule has 8 heteroatoms. The predicted molar refractivity (Wildman–Crippen MR) is 136 cm³/mol. The lowest BCUT2D eigenvalue weighted by atomic mass is 10.1. The molecular formula is C28H28N2O6. The zero-order valence-electron chi connectivity index (χ0n) is 20.9. The Morgan fingerprint density at radius 3 is 1.86 bits per heavy atom. The van der Waals surface area contributed by atoms with Crippen molar-refractivity contribution >= 4 is 29.1 Å². The molecule has 3 aromatic carbocycles. The van der Waals surface area contributed by atoms with Crippen LogP contribution in [0.1, 0.15) is 27.9 Å². The third-order valence-electron chi connectivity index (χ3n) is 6.17. The van der Waals surface area contributed by atoms with Gasteiger partial charge in [0.2, 0.25) is 11.7 Å². The van der Waals surface area contributed by atoms with Crippen molar-refractivity contribution < 1.29 is 28.6 Å². The molecule has 1 atom stereocenters. The summed E-state index contributed by atoms with van der Waals surface area (Å²) < 4.78 is 16.2. The minimum atomic E-state index is -1.02. The fourth-order valence-corrected chi connectivity index (χ4v) is 4.27. The highest BCUT2D eigenvalue weighted by Crippen LogP contribution is 2.39. The highest BCUT2D eigenvalue weighted by Gasteiger charge is 2.45. The van der Waals surface area contributed by atoms with E-state index in [1.165, 1.54) is 38.4 Å². The van der Waals surface area contributed by atoms with E-state index >= 15 is 0 Å². The molecule has 0 bridgehead atoms. The molecule has 0 spiro atoms. The molecule has 0 aromatic heterocycles. The summed E-state index contributed by atoms with van der Waals surface area (Å²) in [5.41, 5.74) is 3.19. The monoisotopic (exact) mass is 488 g/mol. The molecule has 0 unspecified atom stereocenters. The van der Waals surface area contributed by atoms with Crippen molar-refractivity contribution in [1.29, 1.82) is 0 Å². The predicted octanol–water partition coefficient (Wildman–Crippen LogP) is 4.31. The molecule has 186 valence electrons. The Bertz CT molecular complexity index is 1280. The molecule has 1 fully saturated rings. The third-order valence-corrected chi connectivity index (χ3v) is 6.17. The maximum atomic E-state index is 14.0. The second-order valence-electron chi connectivity index (χ2n) is 8.55. The molecular weight excluding hydrogens is 460 g/mol. The van der Waals surface area contributed by atoms with Crippen LogP contribution in [0.4, 0.5) is 11.4 Å². The first-order valence-electron chi connectivity index (χ1n) is 11.4. The van der Waals surface area contributed by atoms with Crippen LogP contribution in [0.3, 0.4) is 0 Å². The lowest BCUT2D eigenvalue weighted by Crippen LogP contribution is -2.46. The molecule has 1 saturated heterocycles. The maximum Gasteiger partial charge on any atom is 0.259 e. The normalized spacial score (nSPS) is 15.1. The first-order valence-corrected chi connectivity index (χ1v) is 11.4. The van der Waals surface area contributed by atoms with Gasteiger partial charge in [-0.05, 0) is 50.2 Å². The van der Waals surface area contributed by atoms with Crippen molar-refractivity contribution in [3.05, 3.63) is 77.4 Å². The molecule has 1 aliphatic heterocycles. The summed E-state index contributed by atoms with van der Waals surface area (Å²) in [7, 11) is 4.40. The molecule has 36 heavy (non-hydrogen) atoms. The van der Waals surface area contributed by atoms with Gasteiger partial charge in [-0.15, -0.1) is 0 Å². The van der Waals surface area contributed by atoms with Gasteiger partial charge >= 0.3 is 0 Å². The van der Waals surface area contributed by atoms with Crippen molar-refractivity contribution in [2.24, 2.45) is 0 Å². The number of hydrogen-bond donors (Lipinski definition) is 0. The fraction of sp³-hybridized carbons (Fsp3) is 0.250. The molecule has 4 rings (SSSR count). The third kappa shape index (κ3) is 4.49. The van der Waals surface area contributed by atoms with E-state index in [1.54, 1.807) is 24.3 Å². The van der Waals surface area contributed by atoms with Crippen LogP contribution in [-0.4, -0.2) is 45.1 Å². The van der Waals surface area contributed by atoms with Crippen molar-refractivity contribution in [1.82, 2.24) is 0 Å². The number of nitrogens with zero attached hydrogens (tertiary/aromatic N) is 2. The standard InChI is InChI=1S/C28H28N2O6/c1-17-6-10-20(11-7-17)29(27(32)19-14-23(34-3)26(36-5)24(15-19)35-4)22-16-25(31)30(28(22)33)21-12-8-18(2)9-13-21/h6-15,22H,16H2,1-5H3/t22-/m0/s1. The number of aryl methyl sites for hydroxylation is 2. The van der Waals surface area contributed by atoms with Crippen LogP contribution in [0.5, 0.6) is 17.2 Å². The molecule has 1 heterocycles. The lowest BCUT2D eigenvalue weighted by molar-refractivity contribution is -0.121. The first kappa shape index (κ1) is 24.8. The molecule has 3 aromatic rings. The molecule has 0 radical (unpaired) electrons. The Kier molecular flexibility index (Phi) is 6.96. The number of ether oxygens (including phenoxy) is 3. The van der Waals surface area contributed by atoms with E-state index < -0.39 is 17.9 Å². The molecule has 0 N–H and O–H groups in total. The van der Waals surface area contributed by atoms with Gasteiger partial charge in [0, 0.05) is 11.3 Å². The van der Waals surface area contributed by atoms with E-state index in [9.17, 15) is 14.4 Å².